The van der Waals surface area contributed by atoms with Gasteiger partial charge in [-0.3, -0.25) is 4.79 Å². The van der Waals surface area contributed by atoms with Gasteiger partial charge in [-0.05, 0) is 31.5 Å². The number of nitrogens with one attached hydrogen (secondary N) is 2. The van der Waals surface area contributed by atoms with Crippen LogP contribution in [0.25, 0.3) is 0 Å². The van der Waals surface area contributed by atoms with Crippen molar-refractivity contribution in [2.45, 2.75) is 30.5 Å². The van der Waals surface area contributed by atoms with Crippen LogP contribution in [0.3, 0.4) is 0 Å². The lowest BCUT2D eigenvalue weighted by molar-refractivity contribution is -0.120. The predicted molar refractivity (Wildman–Crippen MR) is 73.4 cm³/mol. The summed E-state index contributed by atoms with van der Waals surface area (Å²) in [4.78, 5) is 11.8. The Kier molecular flexibility index (Phi) is 6.80. The van der Waals surface area contributed by atoms with Gasteiger partial charge in [0.05, 0.1) is 6.54 Å². The molecule has 0 unspecified atom stereocenters. The lowest BCUT2D eigenvalue weighted by Gasteiger charge is -2.14. The van der Waals surface area contributed by atoms with Gasteiger partial charge in [0.1, 0.15) is 0 Å². The Morgan fingerprint density at radius 3 is 2.47 bits per heavy atom. The van der Waals surface area contributed by atoms with Crippen LogP contribution >= 0.6 is 11.8 Å². The summed E-state index contributed by atoms with van der Waals surface area (Å²) in [6.45, 7) is 4.63. The number of carbonyl (C=O) groups excluding carboxylic acids is 1. The highest BCUT2D eigenvalue weighted by Crippen LogP contribution is 2.26. The number of hydrogen-bond donors (Lipinski definition) is 2. The van der Waals surface area contributed by atoms with E-state index >= 15 is 0 Å². The summed E-state index contributed by atoms with van der Waals surface area (Å²) >= 11 is 0.526. The van der Waals surface area contributed by atoms with Crippen molar-refractivity contribution in [2.75, 3.05) is 13.1 Å². The van der Waals surface area contributed by atoms with Crippen molar-refractivity contribution in [3.63, 3.8) is 0 Å². The highest BCUT2D eigenvalue weighted by Gasteiger charge is 2.09. The predicted octanol–water partition coefficient (Wildman–Crippen LogP) is 2.79. The van der Waals surface area contributed by atoms with Gasteiger partial charge in [0.25, 0.3) is 5.76 Å². The van der Waals surface area contributed by atoms with E-state index in [1.165, 1.54) is 0 Å². The van der Waals surface area contributed by atoms with Gasteiger partial charge in [-0.25, -0.2) is 0 Å². The molecule has 1 atom stereocenters. The number of rotatable bonds is 7. The first-order valence-electron chi connectivity index (χ1n) is 6.07. The fraction of sp³-hybridized carbons (Fsp3) is 0.462. The van der Waals surface area contributed by atoms with Gasteiger partial charge >= 0.3 is 0 Å². The second kappa shape index (κ2) is 8.12. The van der Waals surface area contributed by atoms with Crippen LogP contribution in [0.2, 0.25) is 0 Å². The molecule has 0 aliphatic heterocycles. The molecule has 0 bridgehead atoms. The number of benzene rings is 1. The Morgan fingerprint density at radius 1 is 1.32 bits per heavy atom. The summed E-state index contributed by atoms with van der Waals surface area (Å²) in [5.74, 6) is -2.46. The zero-order valence-corrected chi connectivity index (χ0v) is 11.8. The average Bonchev–Trinajstić information content (AvgIpc) is 2.36. The van der Waals surface area contributed by atoms with Gasteiger partial charge in [0.2, 0.25) is 5.91 Å². The Labute approximate surface area is 116 Å². The molecule has 3 nitrogen and oxygen atoms in total. The second-order valence-electron chi connectivity index (χ2n) is 4.00. The van der Waals surface area contributed by atoms with Crippen molar-refractivity contribution >= 4 is 17.7 Å². The maximum atomic E-state index is 12.2. The molecule has 1 aromatic carbocycles. The van der Waals surface area contributed by atoms with E-state index in [1.54, 1.807) is 24.3 Å². The van der Waals surface area contributed by atoms with Crippen molar-refractivity contribution < 1.29 is 13.6 Å². The van der Waals surface area contributed by atoms with Crippen molar-refractivity contribution in [2.24, 2.45) is 0 Å². The first kappa shape index (κ1) is 15.9. The first-order chi connectivity index (χ1) is 9.02. The van der Waals surface area contributed by atoms with E-state index in [1.807, 2.05) is 13.8 Å². The lowest BCUT2D eigenvalue weighted by Crippen LogP contribution is -2.34. The van der Waals surface area contributed by atoms with E-state index in [4.69, 9.17) is 0 Å². The normalized spacial score (nSPS) is 12.5. The number of thioether (sulfide) groups is 1. The quantitative estimate of drug-likeness (QED) is 0.758. The number of likely N-dealkylation sites (N-methyl/N-ethyl adjacent to an activating group) is 1. The van der Waals surface area contributed by atoms with E-state index in [2.05, 4.69) is 10.6 Å². The molecule has 0 radical (unpaired) electrons. The highest BCUT2D eigenvalue weighted by atomic mass is 32.2. The first-order valence-corrected chi connectivity index (χ1v) is 6.95. The molecule has 0 spiro atoms. The number of carbonyl (C=O) groups is 1. The van der Waals surface area contributed by atoms with E-state index in [9.17, 15) is 13.6 Å². The summed E-state index contributed by atoms with van der Waals surface area (Å²) in [5.41, 5.74) is 0.961. The molecule has 0 aliphatic carbocycles. The third-order valence-corrected chi connectivity index (χ3v) is 3.27. The fourth-order valence-electron chi connectivity index (χ4n) is 1.56. The number of hydrogen-bond acceptors (Lipinski definition) is 3. The van der Waals surface area contributed by atoms with Crippen LogP contribution in [0.1, 0.15) is 25.5 Å². The van der Waals surface area contributed by atoms with Crippen LogP contribution in [0.5, 0.6) is 0 Å². The third-order valence-electron chi connectivity index (χ3n) is 2.55. The van der Waals surface area contributed by atoms with Gasteiger partial charge in [-0.1, -0.05) is 23.9 Å². The van der Waals surface area contributed by atoms with Crippen molar-refractivity contribution in [1.29, 1.82) is 0 Å². The monoisotopic (exact) mass is 288 g/mol. The van der Waals surface area contributed by atoms with E-state index in [-0.39, 0.29) is 18.5 Å². The minimum absolute atomic E-state index is 0.00629. The molecule has 1 amide bonds. The fourth-order valence-corrected chi connectivity index (χ4v) is 2.06. The van der Waals surface area contributed by atoms with Crippen LogP contribution in [-0.2, 0) is 4.79 Å². The molecule has 0 saturated heterocycles. The average molecular weight is 288 g/mol. The molecule has 0 aliphatic rings. The van der Waals surface area contributed by atoms with Gasteiger partial charge in [0.15, 0.2) is 0 Å². The smallest absolute Gasteiger partial charge is 0.288 e. The van der Waals surface area contributed by atoms with Crippen molar-refractivity contribution in [3.05, 3.63) is 29.8 Å². The molecule has 1 aromatic rings. The molecule has 0 saturated carbocycles. The van der Waals surface area contributed by atoms with E-state index in [0.29, 0.717) is 23.2 Å². The van der Waals surface area contributed by atoms with Gasteiger partial charge in [-0.2, -0.15) is 8.78 Å². The molecule has 0 fully saturated rings. The summed E-state index contributed by atoms with van der Waals surface area (Å²) < 4.78 is 24.3. The highest BCUT2D eigenvalue weighted by molar-refractivity contribution is 7.99. The Bertz CT molecular complexity index is 398. The SMILES string of the molecule is CCNC(=O)CN[C@H](C)c1ccc(SC(F)F)cc1. The molecule has 106 valence electrons. The summed E-state index contributed by atoms with van der Waals surface area (Å²) in [7, 11) is 0. The molecular weight excluding hydrogens is 270 g/mol. The van der Waals surface area contributed by atoms with Crippen molar-refractivity contribution in [3.8, 4) is 0 Å². The van der Waals surface area contributed by atoms with Crippen LogP contribution < -0.4 is 10.6 Å². The largest absolute Gasteiger partial charge is 0.355 e. The van der Waals surface area contributed by atoms with Crippen molar-refractivity contribution in [1.82, 2.24) is 10.6 Å². The topological polar surface area (TPSA) is 41.1 Å². The maximum absolute atomic E-state index is 12.2. The van der Waals surface area contributed by atoms with Gasteiger partial charge in [-0.15, -0.1) is 0 Å². The Morgan fingerprint density at radius 2 is 1.95 bits per heavy atom. The van der Waals surface area contributed by atoms with E-state index < -0.39 is 5.76 Å². The molecule has 1 rings (SSSR count). The maximum Gasteiger partial charge on any atom is 0.288 e. The Hall–Kier alpha value is -1.14. The number of alkyl halides is 2. The molecule has 0 aromatic heterocycles. The van der Waals surface area contributed by atoms with Crippen LogP contribution in [-0.4, -0.2) is 24.8 Å². The molecule has 19 heavy (non-hydrogen) atoms. The second-order valence-corrected chi connectivity index (χ2v) is 5.07. The standard InChI is InChI=1S/C13H18F2N2OS/c1-3-16-12(18)8-17-9(2)10-4-6-11(7-5-10)19-13(14)15/h4-7,9,13,17H,3,8H2,1-2H3,(H,16,18)/t9-/m1/s1. The Balaban J connectivity index is 2.48. The molecule has 0 heterocycles. The molecule has 6 heteroatoms. The lowest BCUT2D eigenvalue weighted by atomic mass is 10.1. The summed E-state index contributed by atoms with van der Waals surface area (Å²) in [6.07, 6.45) is 0. The summed E-state index contributed by atoms with van der Waals surface area (Å²) in [6, 6.07) is 6.90. The van der Waals surface area contributed by atoms with E-state index in [0.717, 1.165) is 5.56 Å². The van der Waals surface area contributed by atoms with Crippen LogP contribution in [0.15, 0.2) is 29.2 Å². The summed E-state index contributed by atoms with van der Waals surface area (Å²) in [5, 5.41) is 5.77. The van der Waals surface area contributed by atoms with Crippen LogP contribution in [0.4, 0.5) is 8.78 Å². The minimum Gasteiger partial charge on any atom is -0.355 e. The minimum atomic E-state index is -2.40. The van der Waals surface area contributed by atoms with Crippen LogP contribution in [0, 0.1) is 0 Å². The van der Waals surface area contributed by atoms with Gasteiger partial charge < -0.3 is 10.6 Å². The number of halogens is 2. The third kappa shape index (κ3) is 6.02. The molecular formula is C13H18F2N2OS. The molecule has 2 N–H and O–H groups in total. The zero-order chi connectivity index (χ0) is 14.3. The number of amides is 1. The van der Waals surface area contributed by atoms with Gasteiger partial charge in [0, 0.05) is 17.5 Å². The zero-order valence-electron chi connectivity index (χ0n) is 11.0.